The molecule has 1 saturated carbocycles. The summed E-state index contributed by atoms with van der Waals surface area (Å²) >= 11 is 0. The molecule has 0 radical (unpaired) electrons. The summed E-state index contributed by atoms with van der Waals surface area (Å²) < 4.78 is 80.8. The van der Waals surface area contributed by atoms with Gasteiger partial charge in [0.05, 0.1) is 24.4 Å². The normalized spacial score (nSPS) is 20.6. The first-order valence-corrected chi connectivity index (χ1v) is 14.4. The Labute approximate surface area is 230 Å². The number of fused-ring (bicyclic) bond motifs is 1. The maximum atomic E-state index is 14.0. The molecule has 0 amide bonds. The lowest BCUT2D eigenvalue weighted by molar-refractivity contribution is -0.138. The number of hydrogen-bond donors (Lipinski definition) is 2. The Bertz CT molecular complexity index is 1380. The second-order valence-electron chi connectivity index (χ2n) is 10.0. The van der Waals surface area contributed by atoms with E-state index in [1.807, 2.05) is 6.08 Å². The number of carboxylic acids is 1. The van der Waals surface area contributed by atoms with Crippen molar-refractivity contribution in [3.05, 3.63) is 47.2 Å². The molecule has 218 valence electrons. The molecule has 0 spiro atoms. The number of aliphatic hydroxyl groups is 1. The summed E-state index contributed by atoms with van der Waals surface area (Å²) in [6.07, 6.45) is 0.372. The van der Waals surface area contributed by atoms with Crippen LogP contribution in [0.25, 0.3) is 6.08 Å². The van der Waals surface area contributed by atoms with E-state index in [4.69, 9.17) is 19.7 Å². The molecular formula is C27H31F3N2O7S. The summed E-state index contributed by atoms with van der Waals surface area (Å²) in [6.45, 7) is 0.919. The number of aliphatic hydroxyl groups excluding tert-OH is 1. The highest BCUT2D eigenvalue weighted by Gasteiger charge is 2.39. The van der Waals surface area contributed by atoms with Crippen LogP contribution in [0.5, 0.6) is 11.6 Å². The number of aromatic nitrogens is 1. The second kappa shape index (κ2) is 12.0. The number of nitrogens with zero attached hydrogens (tertiary/aromatic N) is 2. The van der Waals surface area contributed by atoms with Crippen molar-refractivity contribution in [2.45, 2.75) is 62.6 Å². The summed E-state index contributed by atoms with van der Waals surface area (Å²) in [5, 5.41) is 18.3. The third-order valence-electron chi connectivity index (χ3n) is 6.81. The number of pyridine rings is 1. The van der Waals surface area contributed by atoms with Gasteiger partial charge in [-0.1, -0.05) is 31.1 Å². The molecule has 1 aliphatic carbocycles. The third kappa shape index (κ3) is 6.87. The predicted molar refractivity (Wildman–Crippen MR) is 140 cm³/mol. The van der Waals surface area contributed by atoms with Crippen molar-refractivity contribution < 1.29 is 46.1 Å². The van der Waals surface area contributed by atoms with Gasteiger partial charge in [0.25, 0.3) is 10.0 Å². The molecule has 2 atom stereocenters. The van der Waals surface area contributed by atoms with Crippen LogP contribution in [0, 0.1) is 5.92 Å². The number of halogens is 3. The van der Waals surface area contributed by atoms with Gasteiger partial charge in [-0.2, -0.15) is 13.2 Å². The van der Waals surface area contributed by atoms with Gasteiger partial charge in [-0.25, -0.2) is 13.4 Å². The number of rotatable bonds is 9. The number of ether oxygens (including phenoxy) is 2. The fourth-order valence-electron chi connectivity index (χ4n) is 4.92. The minimum absolute atomic E-state index is 0.0286. The van der Waals surface area contributed by atoms with Gasteiger partial charge >= 0.3 is 12.1 Å². The topological polar surface area (TPSA) is 126 Å². The average molecular weight is 585 g/mol. The highest BCUT2D eigenvalue weighted by atomic mass is 32.2. The summed E-state index contributed by atoms with van der Waals surface area (Å²) in [5.41, 5.74) is 0.735. The minimum Gasteiger partial charge on any atom is -0.486 e. The number of carbonyl (C=O) groups is 1. The Morgan fingerprint density at radius 3 is 2.75 bits per heavy atom. The summed E-state index contributed by atoms with van der Waals surface area (Å²) in [6, 6.07) is 5.39. The van der Waals surface area contributed by atoms with E-state index in [-0.39, 0.29) is 30.8 Å². The van der Waals surface area contributed by atoms with Crippen LogP contribution in [0.2, 0.25) is 0 Å². The number of benzene rings is 1. The van der Waals surface area contributed by atoms with Gasteiger partial charge in [0.1, 0.15) is 18.5 Å². The van der Waals surface area contributed by atoms with Crippen molar-refractivity contribution in [1.82, 2.24) is 4.98 Å². The monoisotopic (exact) mass is 584 g/mol. The molecule has 1 aliphatic heterocycles. The zero-order valence-corrected chi connectivity index (χ0v) is 22.7. The molecule has 2 heterocycles. The van der Waals surface area contributed by atoms with Gasteiger partial charge < -0.3 is 19.7 Å². The largest absolute Gasteiger partial charge is 0.486 e. The number of anilines is 1. The van der Waals surface area contributed by atoms with Crippen molar-refractivity contribution in [2.75, 3.05) is 24.1 Å². The lowest BCUT2D eigenvalue weighted by atomic mass is 9.86. The first-order chi connectivity index (χ1) is 18.9. The van der Waals surface area contributed by atoms with Crippen LogP contribution < -0.4 is 13.8 Å². The van der Waals surface area contributed by atoms with E-state index in [2.05, 4.69) is 11.9 Å². The molecule has 2 aromatic rings. The first-order valence-electron chi connectivity index (χ1n) is 12.9. The number of carboxylic acid groups (broad SMARTS) is 1. The Kier molecular flexibility index (Phi) is 8.93. The van der Waals surface area contributed by atoms with E-state index >= 15 is 0 Å². The van der Waals surface area contributed by atoms with Gasteiger partial charge in [0.15, 0.2) is 4.90 Å². The van der Waals surface area contributed by atoms with Gasteiger partial charge in [0, 0.05) is 12.6 Å². The van der Waals surface area contributed by atoms with E-state index in [1.54, 1.807) is 18.2 Å². The number of hydrogen-bond acceptors (Lipinski definition) is 7. The molecule has 1 fully saturated rings. The maximum Gasteiger partial charge on any atom is 0.417 e. The van der Waals surface area contributed by atoms with Crippen LogP contribution >= 0.6 is 0 Å². The van der Waals surface area contributed by atoms with Crippen molar-refractivity contribution in [3.8, 4) is 11.6 Å². The molecule has 2 N–H and O–H groups in total. The van der Waals surface area contributed by atoms with Gasteiger partial charge in [-0.05, 0) is 55.4 Å². The Balaban J connectivity index is 1.81. The van der Waals surface area contributed by atoms with Crippen LogP contribution in [0.1, 0.15) is 56.6 Å². The lowest BCUT2D eigenvalue weighted by Gasteiger charge is -2.36. The standard InChI is InChI=1S/C27H31F3N2O7S/c1-17-3-2-4-18(11-17)12-19-5-7-23-22(13-19)32(16-21(39-23)6-8-25(34)35)40(36,37)24-14-20(27(28,29)30)15-31-26(24)38-10-9-33/h5,7,12-15,17,21,33H,2-4,6,8-11,16H2,1H3,(H,34,35)/b18-12+/t17?,21-/m0/s1. The zero-order valence-electron chi connectivity index (χ0n) is 21.9. The Morgan fingerprint density at radius 1 is 1.30 bits per heavy atom. The fraction of sp³-hybridized carbons (Fsp3) is 0.481. The molecule has 13 heteroatoms. The molecule has 0 saturated heterocycles. The highest BCUT2D eigenvalue weighted by Crippen LogP contribution is 2.42. The van der Waals surface area contributed by atoms with Gasteiger partial charge in [-0.15, -0.1) is 0 Å². The van der Waals surface area contributed by atoms with Crippen molar-refractivity contribution >= 4 is 27.8 Å². The molecule has 1 aromatic carbocycles. The van der Waals surface area contributed by atoms with Crippen molar-refractivity contribution in [2.24, 2.45) is 5.92 Å². The van der Waals surface area contributed by atoms with E-state index in [0.29, 0.717) is 23.7 Å². The van der Waals surface area contributed by atoms with E-state index in [1.165, 1.54) is 5.57 Å². The molecular weight excluding hydrogens is 553 g/mol. The van der Waals surface area contributed by atoms with Crippen molar-refractivity contribution in [1.29, 1.82) is 0 Å². The lowest BCUT2D eigenvalue weighted by Crippen LogP contribution is -2.44. The summed E-state index contributed by atoms with van der Waals surface area (Å²) in [7, 11) is -4.73. The molecule has 1 aromatic heterocycles. The molecule has 4 rings (SSSR count). The van der Waals surface area contributed by atoms with Gasteiger partial charge in [-0.3, -0.25) is 9.10 Å². The van der Waals surface area contributed by atoms with E-state index in [9.17, 15) is 26.4 Å². The minimum atomic E-state index is -4.88. The molecule has 2 aliphatic rings. The number of alkyl halides is 3. The molecule has 40 heavy (non-hydrogen) atoms. The van der Waals surface area contributed by atoms with Crippen LogP contribution in [0.3, 0.4) is 0 Å². The van der Waals surface area contributed by atoms with Gasteiger partial charge in [0.2, 0.25) is 5.88 Å². The van der Waals surface area contributed by atoms with E-state index < -0.39 is 57.8 Å². The van der Waals surface area contributed by atoms with Crippen LogP contribution in [0.15, 0.2) is 40.9 Å². The second-order valence-corrected chi connectivity index (χ2v) is 11.9. The molecule has 9 nitrogen and oxygen atoms in total. The van der Waals surface area contributed by atoms with Crippen LogP contribution in [-0.2, 0) is 21.0 Å². The third-order valence-corrected chi connectivity index (χ3v) is 8.59. The summed E-state index contributed by atoms with van der Waals surface area (Å²) in [4.78, 5) is 13.9. The van der Waals surface area contributed by atoms with Crippen molar-refractivity contribution in [3.63, 3.8) is 0 Å². The first kappa shape index (κ1) is 29.7. The number of sulfonamides is 1. The number of aliphatic carboxylic acids is 1. The Hall–Kier alpha value is -3.32. The predicted octanol–water partition coefficient (Wildman–Crippen LogP) is 4.89. The Morgan fingerprint density at radius 2 is 2.08 bits per heavy atom. The quantitative estimate of drug-likeness (QED) is 0.427. The SMILES string of the molecule is CC1CCC/C(=C\c2ccc3c(c2)N(S(=O)(=O)c2cc(C(F)(F)F)cnc2OCCO)C[C@H](CCC(=O)O)O3)C1. The fourth-order valence-corrected chi connectivity index (χ4v) is 6.53. The maximum absolute atomic E-state index is 14.0. The average Bonchev–Trinajstić information content (AvgIpc) is 2.89. The van der Waals surface area contributed by atoms with Crippen LogP contribution in [0.4, 0.5) is 18.9 Å². The zero-order chi connectivity index (χ0) is 29.1. The molecule has 0 bridgehead atoms. The smallest absolute Gasteiger partial charge is 0.417 e. The highest BCUT2D eigenvalue weighted by molar-refractivity contribution is 7.93. The molecule has 1 unspecified atom stereocenters. The van der Waals surface area contributed by atoms with Crippen LogP contribution in [-0.4, -0.2) is 55.4 Å². The number of allylic oxidation sites excluding steroid dienone is 1. The summed E-state index contributed by atoms with van der Waals surface area (Å²) in [5.74, 6) is -1.01. The van der Waals surface area contributed by atoms with E-state index in [0.717, 1.165) is 30.0 Å².